The van der Waals surface area contributed by atoms with E-state index in [-0.39, 0.29) is 56.0 Å². The molecule has 0 saturated carbocycles. The largest absolute Gasteiger partial charge is 0.354 e. The number of benzene rings is 3. The zero-order valence-corrected chi connectivity index (χ0v) is 22.6. The highest BCUT2D eigenvalue weighted by Crippen LogP contribution is 2.23. The van der Waals surface area contributed by atoms with E-state index in [9.17, 15) is 23.6 Å². The Morgan fingerprint density at radius 1 is 0.875 bits per heavy atom. The van der Waals surface area contributed by atoms with Gasteiger partial charge in [-0.1, -0.05) is 74.0 Å². The molecule has 1 aliphatic rings. The van der Waals surface area contributed by atoms with Crippen LogP contribution in [0.2, 0.25) is 0 Å². The summed E-state index contributed by atoms with van der Waals surface area (Å²) < 4.78 is 14.7. The number of fused-ring (bicyclic) bond motifs is 1. The molecule has 0 unspecified atom stereocenters. The molecule has 0 radical (unpaired) electrons. The van der Waals surface area contributed by atoms with Crippen LogP contribution in [0, 0.1) is 5.82 Å². The molecule has 0 aliphatic carbocycles. The summed E-state index contributed by atoms with van der Waals surface area (Å²) in [6.07, 6.45) is 2.16. The summed E-state index contributed by atoms with van der Waals surface area (Å²) in [5, 5.41) is 2.94. The number of nitrogens with one attached hydrogen (secondary N) is 1. The van der Waals surface area contributed by atoms with Gasteiger partial charge in [0.15, 0.2) is 0 Å². The molecule has 7 nitrogen and oxygen atoms in total. The third kappa shape index (κ3) is 6.81. The number of imide groups is 1. The van der Waals surface area contributed by atoms with Crippen molar-refractivity contribution in [2.45, 2.75) is 51.6 Å². The molecule has 0 aromatic heterocycles. The van der Waals surface area contributed by atoms with Gasteiger partial charge in [0.1, 0.15) is 11.9 Å². The Morgan fingerprint density at radius 2 is 1.50 bits per heavy atom. The predicted octanol–water partition coefficient (Wildman–Crippen LogP) is 4.76. The average molecular weight is 544 g/mol. The van der Waals surface area contributed by atoms with E-state index < -0.39 is 11.9 Å². The Balaban J connectivity index is 1.54. The third-order valence-corrected chi connectivity index (χ3v) is 7.05. The topological polar surface area (TPSA) is 86.8 Å². The summed E-state index contributed by atoms with van der Waals surface area (Å²) in [6, 6.07) is 21.3. The van der Waals surface area contributed by atoms with Crippen molar-refractivity contribution < 1.29 is 23.6 Å². The minimum absolute atomic E-state index is 0.0185. The number of halogens is 1. The van der Waals surface area contributed by atoms with Gasteiger partial charge in [-0.2, -0.15) is 0 Å². The normalized spacial score (nSPS) is 13.2. The lowest BCUT2D eigenvalue weighted by Gasteiger charge is -2.32. The van der Waals surface area contributed by atoms with Gasteiger partial charge >= 0.3 is 0 Å². The first-order valence-electron chi connectivity index (χ1n) is 13.7. The Kier molecular flexibility index (Phi) is 9.78. The Labute approximate surface area is 234 Å². The number of unbranched alkanes of at least 4 members (excludes halogenated alkanes) is 1. The zero-order chi connectivity index (χ0) is 28.5. The Bertz CT molecular complexity index is 1330. The van der Waals surface area contributed by atoms with E-state index in [1.54, 1.807) is 42.5 Å². The first-order chi connectivity index (χ1) is 19.4. The summed E-state index contributed by atoms with van der Waals surface area (Å²) in [5.41, 5.74) is 1.88. The van der Waals surface area contributed by atoms with Crippen molar-refractivity contribution in [1.82, 2.24) is 15.1 Å². The van der Waals surface area contributed by atoms with Gasteiger partial charge in [0, 0.05) is 38.0 Å². The van der Waals surface area contributed by atoms with Crippen LogP contribution in [-0.4, -0.2) is 52.6 Å². The van der Waals surface area contributed by atoms with Crippen molar-refractivity contribution in [3.63, 3.8) is 0 Å². The SMILES string of the molecule is CCCCNC(=O)[C@H](Cc1ccccc1)N(Cc1ccccc1F)C(=O)CCCN1C(=O)c2ccccc2C1=O. The molecule has 0 spiro atoms. The number of amides is 4. The van der Waals surface area contributed by atoms with Crippen molar-refractivity contribution in [2.24, 2.45) is 0 Å². The van der Waals surface area contributed by atoms with Crippen molar-refractivity contribution in [2.75, 3.05) is 13.1 Å². The maximum atomic E-state index is 14.7. The molecule has 0 bridgehead atoms. The van der Waals surface area contributed by atoms with E-state index in [0.717, 1.165) is 23.3 Å². The number of carbonyl (C=O) groups excluding carboxylic acids is 4. The standard InChI is InChI=1S/C32H34FN3O4/c1-2-3-19-34-30(38)28(21-23-12-5-4-6-13-23)36(22-24-14-7-10-17-27(24)33)29(37)18-11-20-35-31(39)25-15-8-9-16-26(25)32(35)40/h4-10,12-17,28H,2-3,11,18-22H2,1H3,(H,34,38)/t28-/m0/s1. The van der Waals surface area contributed by atoms with E-state index >= 15 is 0 Å². The first kappa shape index (κ1) is 28.7. The Hall–Kier alpha value is -4.33. The molecule has 8 heteroatoms. The molecular weight excluding hydrogens is 509 g/mol. The molecule has 4 amide bonds. The second-order valence-corrected chi connectivity index (χ2v) is 9.87. The van der Waals surface area contributed by atoms with Crippen LogP contribution >= 0.6 is 0 Å². The second kappa shape index (κ2) is 13.6. The molecule has 40 heavy (non-hydrogen) atoms. The van der Waals surface area contributed by atoms with E-state index in [4.69, 9.17) is 0 Å². The lowest BCUT2D eigenvalue weighted by atomic mass is 10.0. The molecule has 3 aromatic rings. The van der Waals surface area contributed by atoms with E-state index in [1.807, 2.05) is 37.3 Å². The quantitative estimate of drug-likeness (QED) is 0.249. The first-order valence-corrected chi connectivity index (χ1v) is 13.7. The molecule has 3 aromatic carbocycles. The lowest BCUT2D eigenvalue weighted by Crippen LogP contribution is -2.50. The number of hydrogen-bond donors (Lipinski definition) is 1. The fourth-order valence-corrected chi connectivity index (χ4v) is 4.84. The van der Waals surface area contributed by atoms with E-state index in [1.165, 1.54) is 11.0 Å². The highest BCUT2D eigenvalue weighted by molar-refractivity contribution is 6.21. The minimum atomic E-state index is -0.870. The van der Waals surface area contributed by atoms with E-state index in [0.29, 0.717) is 23.2 Å². The summed E-state index contributed by atoms with van der Waals surface area (Å²) in [7, 11) is 0. The number of carbonyl (C=O) groups is 4. The molecule has 208 valence electrons. The Morgan fingerprint density at radius 3 is 2.15 bits per heavy atom. The van der Waals surface area contributed by atoms with Crippen LogP contribution in [0.15, 0.2) is 78.9 Å². The monoisotopic (exact) mass is 543 g/mol. The van der Waals surface area contributed by atoms with Gasteiger partial charge in [0.25, 0.3) is 11.8 Å². The maximum absolute atomic E-state index is 14.7. The van der Waals surface area contributed by atoms with Gasteiger partial charge in [0.05, 0.1) is 11.1 Å². The van der Waals surface area contributed by atoms with Crippen molar-refractivity contribution in [3.05, 3.63) is 107 Å². The van der Waals surface area contributed by atoms with E-state index in [2.05, 4.69) is 5.32 Å². The summed E-state index contributed by atoms with van der Waals surface area (Å²) >= 11 is 0. The smallest absolute Gasteiger partial charge is 0.261 e. The van der Waals surface area contributed by atoms with Gasteiger partial charge < -0.3 is 10.2 Å². The van der Waals surface area contributed by atoms with Crippen LogP contribution in [0.3, 0.4) is 0 Å². The molecule has 1 heterocycles. The molecule has 1 aliphatic heterocycles. The lowest BCUT2D eigenvalue weighted by molar-refractivity contribution is -0.141. The molecule has 4 rings (SSSR count). The number of nitrogens with zero attached hydrogens (tertiary/aromatic N) is 2. The number of hydrogen-bond acceptors (Lipinski definition) is 4. The van der Waals surface area contributed by atoms with Crippen LogP contribution in [-0.2, 0) is 22.6 Å². The minimum Gasteiger partial charge on any atom is -0.354 e. The van der Waals surface area contributed by atoms with Crippen molar-refractivity contribution in [1.29, 1.82) is 0 Å². The van der Waals surface area contributed by atoms with Gasteiger partial charge in [-0.15, -0.1) is 0 Å². The molecule has 0 fully saturated rings. The second-order valence-electron chi connectivity index (χ2n) is 9.87. The molecule has 0 saturated heterocycles. The van der Waals surface area contributed by atoms with Gasteiger partial charge in [-0.05, 0) is 36.6 Å². The fourth-order valence-electron chi connectivity index (χ4n) is 4.84. The predicted molar refractivity (Wildman–Crippen MR) is 150 cm³/mol. The number of rotatable bonds is 13. The highest BCUT2D eigenvalue weighted by Gasteiger charge is 2.35. The van der Waals surface area contributed by atoms with Crippen LogP contribution < -0.4 is 5.32 Å². The fraction of sp³-hybridized carbons (Fsp3) is 0.312. The molecular formula is C32H34FN3O4. The third-order valence-electron chi connectivity index (χ3n) is 7.05. The van der Waals surface area contributed by atoms with Gasteiger partial charge in [-0.25, -0.2) is 4.39 Å². The summed E-state index contributed by atoms with van der Waals surface area (Å²) in [5.74, 6) is -1.88. The van der Waals surface area contributed by atoms with Crippen LogP contribution in [0.5, 0.6) is 0 Å². The van der Waals surface area contributed by atoms with Gasteiger partial charge in [0.2, 0.25) is 11.8 Å². The van der Waals surface area contributed by atoms with Crippen LogP contribution in [0.1, 0.15) is 64.4 Å². The summed E-state index contributed by atoms with van der Waals surface area (Å²) in [6.45, 7) is 2.48. The average Bonchev–Trinajstić information content (AvgIpc) is 3.21. The summed E-state index contributed by atoms with van der Waals surface area (Å²) in [4.78, 5) is 55.2. The highest BCUT2D eigenvalue weighted by atomic mass is 19.1. The van der Waals surface area contributed by atoms with Crippen molar-refractivity contribution in [3.8, 4) is 0 Å². The van der Waals surface area contributed by atoms with Crippen LogP contribution in [0.4, 0.5) is 4.39 Å². The molecule has 1 N–H and O–H groups in total. The maximum Gasteiger partial charge on any atom is 0.261 e. The van der Waals surface area contributed by atoms with Crippen molar-refractivity contribution >= 4 is 23.6 Å². The van der Waals surface area contributed by atoms with Crippen LogP contribution in [0.25, 0.3) is 0 Å². The van der Waals surface area contributed by atoms with Gasteiger partial charge in [-0.3, -0.25) is 24.1 Å². The molecule has 1 atom stereocenters. The zero-order valence-electron chi connectivity index (χ0n) is 22.6.